The first-order valence-corrected chi connectivity index (χ1v) is 5.50. The van der Waals surface area contributed by atoms with Gasteiger partial charge in [0.05, 0.1) is 11.9 Å². The number of fused-ring (bicyclic) bond motifs is 1. The van der Waals surface area contributed by atoms with Gasteiger partial charge in [-0.25, -0.2) is 0 Å². The molecule has 0 saturated carbocycles. The summed E-state index contributed by atoms with van der Waals surface area (Å²) in [5.74, 6) is 0. The predicted octanol–water partition coefficient (Wildman–Crippen LogP) is 2.69. The maximum Gasteiger partial charge on any atom is 0.211 e. The molecular formula is C12H12N4S. The first kappa shape index (κ1) is 11.5. The fourth-order valence-corrected chi connectivity index (χ4v) is 1.68. The molecule has 5 heteroatoms. The van der Waals surface area contributed by atoms with Crippen LogP contribution in [0.4, 0.5) is 5.69 Å². The van der Waals surface area contributed by atoms with Gasteiger partial charge < -0.3 is 10.6 Å². The Hall–Kier alpha value is -2.01. The van der Waals surface area contributed by atoms with E-state index in [1.807, 2.05) is 36.2 Å². The Labute approximate surface area is 105 Å². The highest BCUT2D eigenvalue weighted by atomic mass is 32.1. The van der Waals surface area contributed by atoms with E-state index in [4.69, 9.17) is 5.73 Å². The van der Waals surface area contributed by atoms with E-state index in [9.17, 15) is 0 Å². The zero-order valence-electron chi connectivity index (χ0n) is 9.37. The van der Waals surface area contributed by atoms with Gasteiger partial charge in [0.2, 0.25) is 5.11 Å². The van der Waals surface area contributed by atoms with Crippen LogP contribution in [-0.4, -0.2) is 12.2 Å². The number of nitrogens with two attached hydrogens (primary N) is 1. The highest BCUT2D eigenvalue weighted by Crippen LogP contribution is 2.28. The summed E-state index contributed by atoms with van der Waals surface area (Å²) in [5.41, 5.74) is 8.47. The molecule has 0 saturated heterocycles. The molecule has 0 spiro atoms. The van der Waals surface area contributed by atoms with Crippen molar-refractivity contribution >= 4 is 29.1 Å². The smallest absolute Gasteiger partial charge is 0.211 e. The molecular weight excluding hydrogens is 232 g/mol. The molecule has 2 N–H and O–H groups in total. The molecule has 0 fully saturated rings. The molecule has 1 aromatic rings. The highest BCUT2D eigenvalue weighted by Gasteiger charge is 2.12. The van der Waals surface area contributed by atoms with Crippen LogP contribution in [0.5, 0.6) is 0 Å². The Morgan fingerprint density at radius 2 is 2.12 bits per heavy atom. The van der Waals surface area contributed by atoms with Crippen LogP contribution in [0.3, 0.4) is 0 Å². The summed E-state index contributed by atoms with van der Waals surface area (Å²) in [4.78, 5) is 2.04. The number of para-hydroxylation sites is 1. The number of rotatable bonds is 1. The van der Waals surface area contributed by atoms with Gasteiger partial charge in [-0.15, -0.1) is 5.11 Å². The molecule has 17 heavy (non-hydrogen) atoms. The molecule has 4 nitrogen and oxygen atoms in total. The Morgan fingerprint density at radius 3 is 2.88 bits per heavy atom. The third-order valence-electron chi connectivity index (χ3n) is 2.47. The molecule has 0 amide bonds. The fraction of sp³-hybridized carbons (Fsp3) is 0.0833. The van der Waals surface area contributed by atoms with Crippen molar-refractivity contribution in [3.8, 4) is 0 Å². The quantitative estimate of drug-likeness (QED) is 0.610. The van der Waals surface area contributed by atoms with Crippen molar-refractivity contribution in [2.75, 3.05) is 11.9 Å². The molecule has 0 bridgehead atoms. The average Bonchev–Trinajstić information content (AvgIpc) is 2.32. The lowest BCUT2D eigenvalue weighted by molar-refractivity contribution is 1.10. The number of nitrogens with zero attached hydrogens (tertiary/aromatic N) is 3. The third-order valence-corrected chi connectivity index (χ3v) is 2.55. The molecule has 0 aliphatic carbocycles. The van der Waals surface area contributed by atoms with E-state index in [0.717, 1.165) is 11.4 Å². The summed E-state index contributed by atoms with van der Waals surface area (Å²) in [6, 6.07) is 8.13. The van der Waals surface area contributed by atoms with Gasteiger partial charge in [0, 0.05) is 12.7 Å². The Morgan fingerprint density at radius 1 is 1.35 bits per heavy atom. The standard InChI is InChI=1S/C12H12N4S/c1-16-10(8-14-15-12(13)17)7-6-9-4-2-3-5-11(9)16/h2-8H,1H3,(H2,13,17)/b10-8+,15-14?. The second kappa shape index (κ2) is 4.88. The first-order chi connectivity index (χ1) is 8.18. The summed E-state index contributed by atoms with van der Waals surface area (Å²) in [5, 5.41) is 7.46. The summed E-state index contributed by atoms with van der Waals surface area (Å²) in [6.45, 7) is 0. The fourth-order valence-electron chi connectivity index (χ4n) is 1.63. The van der Waals surface area contributed by atoms with E-state index in [1.54, 1.807) is 6.20 Å². The maximum atomic E-state index is 5.23. The zero-order valence-corrected chi connectivity index (χ0v) is 10.2. The summed E-state index contributed by atoms with van der Waals surface area (Å²) in [7, 11) is 1.98. The Kier molecular flexibility index (Phi) is 3.30. The molecule has 0 unspecified atom stereocenters. The van der Waals surface area contributed by atoms with E-state index >= 15 is 0 Å². The Balaban J connectivity index is 2.29. The van der Waals surface area contributed by atoms with Crippen molar-refractivity contribution < 1.29 is 0 Å². The molecule has 0 radical (unpaired) electrons. The van der Waals surface area contributed by atoms with Crippen LogP contribution >= 0.6 is 12.2 Å². The second-order valence-electron chi connectivity index (χ2n) is 3.56. The third kappa shape index (κ3) is 2.57. The van der Waals surface area contributed by atoms with Gasteiger partial charge in [-0.3, -0.25) is 0 Å². The average molecular weight is 244 g/mol. The number of anilines is 1. The van der Waals surface area contributed by atoms with Gasteiger partial charge in [0.15, 0.2) is 0 Å². The number of allylic oxidation sites excluding steroid dienone is 1. The van der Waals surface area contributed by atoms with Crippen LogP contribution in [0.25, 0.3) is 6.08 Å². The van der Waals surface area contributed by atoms with Crippen LogP contribution in [0.2, 0.25) is 0 Å². The van der Waals surface area contributed by atoms with Gasteiger partial charge in [-0.2, -0.15) is 5.11 Å². The summed E-state index contributed by atoms with van der Waals surface area (Å²) < 4.78 is 0. The predicted molar refractivity (Wildman–Crippen MR) is 73.6 cm³/mol. The lowest BCUT2D eigenvalue weighted by Crippen LogP contribution is -2.18. The molecule has 0 atom stereocenters. The lowest BCUT2D eigenvalue weighted by atomic mass is 10.1. The van der Waals surface area contributed by atoms with Gasteiger partial charge in [0.25, 0.3) is 0 Å². The van der Waals surface area contributed by atoms with Crippen LogP contribution < -0.4 is 10.6 Å². The van der Waals surface area contributed by atoms with Crippen LogP contribution in [-0.2, 0) is 0 Å². The van der Waals surface area contributed by atoms with Crippen molar-refractivity contribution in [3.05, 3.63) is 47.8 Å². The van der Waals surface area contributed by atoms with Crippen molar-refractivity contribution in [3.63, 3.8) is 0 Å². The largest absolute Gasteiger partial charge is 0.373 e. The van der Waals surface area contributed by atoms with Crippen molar-refractivity contribution in [2.24, 2.45) is 16.0 Å². The molecule has 1 aliphatic heterocycles. The van der Waals surface area contributed by atoms with E-state index in [-0.39, 0.29) is 5.11 Å². The normalized spacial score (nSPS) is 16.5. The molecule has 86 valence electrons. The molecule has 2 rings (SSSR count). The highest BCUT2D eigenvalue weighted by molar-refractivity contribution is 7.80. The number of azo groups is 1. The van der Waals surface area contributed by atoms with Gasteiger partial charge in [-0.1, -0.05) is 24.3 Å². The number of hydrogen-bond donors (Lipinski definition) is 1. The molecule has 1 aromatic carbocycles. The first-order valence-electron chi connectivity index (χ1n) is 5.10. The summed E-state index contributed by atoms with van der Waals surface area (Å²) >= 11 is 4.61. The van der Waals surface area contributed by atoms with Gasteiger partial charge in [0.1, 0.15) is 0 Å². The van der Waals surface area contributed by atoms with E-state index in [1.165, 1.54) is 5.56 Å². The molecule has 1 aliphatic rings. The zero-order chi connectivity index (χ0) is 12.3. The molecule has 0 aromatic heterocycles. The molecule has 1 heterocycles. The van der Waals surface area contributed by atoms with E-state index in [2.05, 4.69) is 34.6 Å². The topological polar surface area (TPSA) is 54.0 Å². The minimum Gasteiger partial charge on any atom is -0.373 e. The summed E-state index contributed by atoms with van der Waals surface area (Å²) in [6.07, 6.45) is 5.64. The monoisotopic (exact) mass is 244 g/mol. The van der Waals surface area contributed by atoms with Gasteiger partial charge >= 0.3 is 0 Å². The minimum absolute atomic E-state index is 0.0321. The van der Waals surface area contributed by atoms with Crippen LogP contribution in [0.15, 0.2) is 52.5 Å². The van der Waals surface area contributed by atoms with E-state index in [0.29, 0.717) is 0 Å². The van der Waals surface area contributed by atoms with Crippen molar-refractivity contribution in [1.82, 2.24) is 0 Å². The minimum atomic E-state index is 0.0321. The maximum absolute atomic E-state index is 5.23. The number of benzene rings is 1. The van der Waals surface area contributed by atoms with E-state index < -0.39 is 0 Å². The number of likely N-dealkylation sites (N-methyl/N-ethyl adjacent to an activating group) is 1. The van der Waals surface area contributed by atoms with Crippen LogP contribution in [0, 0.1) is 0 Å². The lowest BCUT2D eigenvalue weighted by Gasteiger charge is -2.25. The Bertz CT molecular complexity index is 531. The van der Waals surface area contributed by atoms with Crippen molar-refractivity contribution in [1.29, 1.82) is 0 Å². The van der Waals surface area contributed by atoms with Crippen LogP contribution in [0.1, 0.15) is 5.56 Å². The SMILES string of the molecule is CN1/C(=C/N=NC(N)=S)C=Cc2ccccc21. The number of hydrogen-bond acceptors (Lipinski definition) is 3. The second-order valence-corrected chi connectivity index (χ2v) is 3.98. The van der Waals surface area contributed by atoms with Gasteiger partial charge in [-0.05, 0) is 29.9 Å². The van der Waals surface area contributed by atoms with Crippen molar-refractivity contribution in [2.45, 2.75) is 0 Å². The number of thiocarbonyl (C=S) groups is 1.